The van der Waals surface area contributed by atoms with Gasteiger partial charge in [-0.1, -0.05) is 17.4 Å². The van der Waals surface area contributed by atoms with Gasteiger partial charge in [0.15, 0.2) is 12.1 Å². The molecule has 4 rings (SSSR count). The molecule has 6 nitrogen and oxygen atoms in total. The lowest BCUT2D eigenvalue weighted by Crippen LogP contribution is -2.40. The van der Waals surface area contributed by atoms with Crippen LogP contribution in [0, 0.1) is 18.6 Å². The van der Waals surface area contributed by atoms with E-state index in [4.69, 9.17) is 0 Å². The molecule has 1 fully saturated rings. The van der Waals surface area contributed by atoms with Crippen LogP contribution in [0.2, 0.25) is 0 Å². The Balaban J connectivity index is 1.71. The second-order valence-corrected chi connectivity index (χ2v) is 5.86. The van der Waals surface area contributed by atoms with E-state index in [9.17, 15) is 18.4 Å². The van der Waals surface area contributed by atoms with Crippen molar-refractivity contribution < 1.29 is 18.4 Å². The summed E-state index contributed by atoms with van der Waals surface area (Å²) in [7, 11) is 0. The highest BCUT2D eigenvalue weighted by molar-refractivity contribution is 6.26. The van der Waals surface area contributed by atoms with Crippen LogP contribution in [0.15, 0.2) is 52.8 Å². The molecule has 0 saturated carbocycles. The van der Waals surface area contributed by atoms with Crippen LogP contribution >= 0.6 is 0 Å². The third-order valence-corrected chi connectivity index (χ3v) is 4.27. The molecule has 25 heavy (non-hydrogen) atoms. The smallest absolute Gasteiger partial charge is 0.263 e. The summed E-state index contributed by atoms with van der Waals surface area (Å²) in [6, 6.07) is 7.56. The second-order valence-electron chi connectivity index (χ2n) is 5.86. The highest BCUT2D eigenvalue weighted by atomic mass is 19.1. The molecular weight excluding hydrogens is 330 g/mol. The van der Waals surface area contributed by atoms with Gasteiger partial charge in [0.2, 0.25) is 0 Å². The van der Waals surface area contributed by atoms with Gasteiger partial charge in [0.25, 0.3) is 11.8 Å². The summed E-state index contributed by atoms with van der Waals surface area (Å²) in [5.74, 6) is -2.17. The monoisotopic (exact) mass is 342 g/mol. The van der Waals surface area contributed by atoms with E-state index in [-0.39, 0.29) is 5.69 Å². The van der Waals surface area contributed by atoms with E-state index in [1.54, 1.807) is 19.1 Å². The number of fused-ring (bicyclic) bond motifs is 1. The molecule has 0 N–H and O–H groups in total. The summed E-state index contributed by atoms with van der Waals surface area (Å²) < 4.78 is 27.3. The molecule has 2 atom stereocenters. The van der Waals surface area contributed by atoms with Crippen molar-refractivity contribution >= 4 is 23.2 Å². The van der Waals surface area contributed by atoms with Gasteiger partial charge in [0.1, 0.15) is 11.6 Å². The highest BCUT2D eigenvalue weighted by Gasteiger charge is 2.55. The Morgan fingerprint density at radius 1 is 1.00 bits per heavy atom. The molecule has 2 amide bonds. The number of amides is 2. The van der Waals surface area contributed by atoms with E-state index in [1.807, 2.05) is 0 Å². The van der Waals surface area contributed by atoms with Crippen LogP contribution in [-0.2, 0) is 9.59 Å². The maximum atomic E-state index is 13.8. The minimum atomic E-state index is -1.03. The van der Waals surface area contributed by atoms with E-state index in [0.717, 1.165) is 11.0 Å². The Labute approximate surface area is 141 Å². The number of benzene rings is 2. The zero-order valence-electron chi connectivity index (χ0n) is 13.1. The SMILES string of the molecule is Cc1ccc(N2N=N[C@H]3C(=O)N(c4cccc(F)c4)C(=O)[C@H]32)cc1F. The second kappa shape index (κ2) is 5.44. The van der Waals surface area contributed by atoms with Crippen molar-refractivity contribution in [1.29, 1.82) is 0 Å². The van der Waals surface area contributed by atoms with Crippen molar-refractivity contribution in [2.24, 2.45) is 10.3 Å². The predicted molar refractivity (Wildman–Crippen MR) is 84.9 cm³/mol. The van der Waals surface area contributed by atoms with Crippen LogP contribution in [0.25, 0.3) is 0 Å². The van der Waals surface area contributed by atoms with E-state index in [1.165, 1.54) is 29.3 Å². The quantitative estimate of drug-likeness (QED) is 0.788. The van der Waals surface area contributed by atoms with E-state index in [2.05, 4.69) is 10.3 Å². The van der Waals surface area contributed by atoms with E-state index >= 15 is 0 Å². The predicted octanol–water partition coefficient (Wildman–Crippen LogP) is 2.77. The molecule has 2 heterocycles. The molecular formula is C17H12F2N4O2. The van der Waals surface area contributed by atoms with Crippen LogP contribution in [0.3, 0.4) is 0 Å². The molecule has 0 spiro atoms. The van der Waals surface area contributed by atoms with E-state index in [0.29, 0.717) is 11.3 Å². The number of anilines is 2. The largest absolute Gasteiger partial charge is 0.271 e. The fourth-order valence-electron chi connectivity index (χ4n) is 2.97. The molecule has 2 aromatic carbocycles. The van der Waals surface area contributed by atoms with Gasteiger partial charge in [-0.3, -0.25) is 9.59 Å². The topological polar surface area (TPSA) is 65.3 Å². The summed E-state index contributed by atoms with van der Waals surface area (Å²) in [6.07, 6.45) is 0. The van der Waals surface area contributed by atoms with Gasteiger partial charge in [-0.25, -0.2) is 18.7 Å². The van der Waals surface area contributed by atoms with Gasteiger partial charge in [0.05, 0.1) is 11.4 Å². The normalized spacial score (nSPS) is 22.0. The summed E-state index contributed by atoms with van der Waals surface area (Å²) in [5, 5.41) is 8.95. The number of hydrogen-bond acceptors (Lipinski definition) is 5. The zero-order chi connectivity index (χ0) is 17.7. The van der Waals surface area contributed by atoms with E-state index < -0.39 is 35.5 Å². The van der Waals surface area contributed by atoms with Crippen molar-refractivity contribution in [3.05, 3.63) is 59.7 Å². The minimum absolute atomic E-state index is 0.134. The van der Waals surface area contributed by atoms with Gasteiger partial charge < -0.3 is 0 Å². The number of aryl methyl sites for hydroxylation is 1. The van der Waals surface area contributed by atoms with Crippen LogP contribution in [0.5, 0.6) is 0 Å². The van der Waals surface area contributed by atoms with Crippen LogP contribution in [-0.4, -0.2) is 23.9 Å². The van der Waals surface area contributed by atoms with Crippen molar-refractivity contribution in [2.45, 2.75) is 19.0 Å². The Morgan fingerprint density at radius 2 is 1.80 bits per heavy atom. The maximum absolute atomic E-state index is 13.8. The molecule has 0 radical (unpaired) electrons. The molecule has 126 valence electrons. The highest BCUT2D eigenvalue weighted by Crippen LogP contribution is 2.35. The lowest BCUT2D eigenvalue weighted by Gasteiger charge is -2.20. The van der Waals surface area contributed by atoms with Crippen molar-refractivity contribution in [2.75, 3.05) is 9.91 Å². The Hall–Kier alpha value is -3.16. The molecule has 0 aromatic heterocycles. The Bertz CT molecular complexity index is 931. The fourth-order valence-corrected chi connectivity index (χ4v) is 2.97. The van der Waals surface area contributed by atoms with Gasteiger partial charge in [-0.2, -0.15) is 5.11 Å². The number of halogens is 2. The summed E-state index contributed by atoms with van der Waals surface area (Å²) in [4.78, 5) is 26.2. The summed E-state index contributed by atoms with van der Waals surface area (Å²) in [5.41, 5.74) is 0.905. The van der Waals surface area contributed by atoms with Gasteiger partial charge in [-0.15, -0.1) is 0 Å². The first-order chi connectivity index (χ1) is 12.0. The third kappa shape index (κ3) is 2.29. The number of nitrogens with zero attached hydrogens (tertiary/aromatic N) is 4. The molecule has 2 aromatic rings. The van der Waals surface area contributed by atoms with Crippen LogP contribution in [0.4, 0.5) is 20.2 Å². The molecule has 0 aliphatic carbocycles. The number of hydrogen-bond donors (Lipinski definition) is 0. The molecule has 0 unspecified atom stereocenters. The lowest BCUT2D eigenvalue weighted by molar-refractivity contribution is -0.121. The number of carbonyl (C=O) groups is 2. The Kier molecular flexibility index (Phi) is 3.34. The number of imide groups is 1. The van der Waals surface area contributed by atoms with Crippen LogP contribution < -0.4 is 9.91 Å². The molecule has 2 aliphatic heterocycles. The van der Waals surface area contributed by atoms with Gasteiger partial charge in [-0.05, 0) is 42.8 Å². The fraction of sp³-hybridized carbons (Fsp3) is 0.176. The maximum Gasteiger partial charge on any atom is 0.263 e. The molecule has 0 bridgehead atoms. The molecule has 2 aliphatic rings. The molecule has 8 heteroatoms. The third-order valence-electron chi connectivity index (χ3n) is 4.27. The zero-order valence-corrected chi connectivity index (χ0v) is 13.1. The van der Waals surface area contributed by atoms with Crippen LogP contribution in [0.1, 0.15) is 5.56 Å². The molecule has 1 saturated heterocycles. The number of rotatable bonds is 2. The first kappa shape index (κ1) is 15.4. The van der Waals surface area contributed by atoms with Gasteiger partial charge >= 0.3 is 0 Å². The van der Waals surface area contributed by atoms with Crippen molar-refractivity contribution in [3.8, 4) is 0 Å². The Morgan fingerprint density at radius 3 is 2.52 bits per heavy atom. The minimum Gasteiger partial charge on any atom is -0.271 e. The first-order valence-electron chi connectivity index (χ1n) is 7.57. The lowest BCUT2D eigenvalue weighted by atomic mass is 10.1. The first-order valence-corrected chi connectivity index (χ1v) is 7.57. The summed E-state index contributed by atoms with van der Waals surface area (Å²) in [6.45, 7) is 1.61. The summed E-state index contributed by atoms with van der Waals surface area (Å²) >= 11 is 0. The van der Waals surface area contributed by atoms with Crippen molar-refractivity contribution in [3.63, 3.8) is 0 Å². The van der Waals surface area contributed by atoms with Crippen molar-refractivity contribution in [1.82, 2.24) is 0 Å². The average molecular weight is 342 g/mol. The standard InChI is InChI=1S/C17H12F2N4O2/c1-9-5-6-12(8-13(9)19)23-15-14(20-21-23)16(24)22(17(15)25)11-4-2-3-10(18)7-11/h2-8,14-15H,1H3/t14-,15+/m1/s1. The average Bonchev–Trinajstić information content (AvgIpc) is 3.11. The van der Waals surface area contributed by atoms with Gasteiger partial charge in [0, 0.05) is 0 Å². The number of carbonyl (C=O) groups excluding carboxylic acids is 2.